The van der Waals surface area contributed by atoms with E-state index >= 15 is 0 Å². The number of benzene rings is 3. The van der Waals surface area contributed by atoms with Crippen LogP contribution in [-0.2, 0) is 0 Å². The highest BCUT2D eigenvalue weighted by atomic mass is 13.7. The molecule has 0 nitrogen and oxygen atoms in total. The summed E-state index contributed by atoms with van der Waals surface area (Å²) in [5.74, 6) is 0. The first-order valence-corrected chi connectivity index (χ1v) is 7.00. The smallest absolute Gasteiger partial charge is 0.0623 e. The molecule has 0 aliphatic carbocycles. The first-order chi connectivity index (χ1) is 10.0. The molecule has 0 radical (unpaired) electrons. The van der Waals surface area contributed by atoms with E-state index in [2.05, 4.69) is 0 Å². The molecular weight excluding hydrogens is 240 g/mol. The van der Waals surface area contributed by atoms with Crippen molar-refractivity contribution in [1.29, 1.82) is 0 Å². The Balaban J connectivity index is 0.000000255. The van der Waals surface area contributed by atoms with Gasteiger partial charge in [0.05, 0.1) is 0 Å². The van der Waals surface area contributed by atoms with Crippen molar-refractivity contribution >= 4 is 0 Å². The van der Waals surface area contributed by atoms with Gasteiger partial charge < -0.3 is 0 Å². The molecule has 0 amide bonds. The minimum absolute atomic E-state index is 2.00. The fourth-order valence-corrected chi connectivity index (χ4v) is 1.15. The van der Waals surface area contributed by atoms with Gasteiger partial charge in [-0.25, -0.2) is 0 Å². The molecule has 0 heterocycles. The Morgan fingerprint density at radius 2 is 0.250 bits per heavy atom. The third-order valence-corrected chi connectivity index (χ3v) is 2.00. The minimum Gasteiger partial charge on any atom is -0.0683 e. The number of hydrogen-bond acceptors (Lipinski definition) is 0. The molecule has 0 saturated carbocycles. The molecular formula is C20H24. The van der Waals surface area contributed by atoms with Crippen LogP contribution in [0.25, 0.3) is 0 Å². The number of rotatable bonds is 0. The molecule has 104 valence electrons. The Bertz CT molecular complexity index is 291. The summed E-state index contributed by atoms with van der Waals surface area (Å²) in [5, 5.41) is 0. The molecule has 3 rings (SSSR count). The van der Waals surface area contributed by atoms with Crippen molar-refractivity contribution in [1.82, 2.24) is 0 Å². The SMILES string of the molecule is CC.c1ccccc1.c1ccccc1.c1ccccc1. The van der Waals surface area contributed by atoms with Crippen LogP contribution in [0.15, 0.2) is 109 Å². The zero-order chi connectivity index (χ0) is 14.7. The summed E-state index contributed by atoms with van der Waals surface area (Å²) < 4.78 is 0. The zero-order valence-corrected chi connectivity index (χ0v) is 12.4. The molecule has 3 aromatic carbocycles. The Morgan fingerprint density at radius 3 is 0.300 bits per heavy atom. The van der Waals surface area contributed by atoms with Crippen molar-refractivity contribution in [2.45, 2.75) is 13.8 Å². The molecule has 0 unspecified atom stereocenters. The third-order valence-electron chi connectivity index (χ3n) is 2.00. The van der Waals surface area contributed by atoms with Gasteiger partial charge in [0.1, 0.15) is 0 Å². The average Bonchev–Trinajstić information content (AvgIpc) is 2.62. The summed E-state index contributed by atoms with van der Waals surface area (Å²) in [7, 11) is 0. The summed E-state index contributed by atoms with van der Waals surface area (Å²) in [4.78, 5) is 0. The van der Waals surface area contributed by atoms with Crippen LogP contribution in [0.3, 0.4) is 0 Å². The lowest BCUT2D eigenvalue weighted by atomic mass is 10.4. The topological polar surface area (TPSA) is 0 Å². The maximum Gasteiger partial charge on any atom is -0.0623 e. The maximum absolute atomic E-state index is 2.00. The second kappa shape index (κ2) is 16.7. The van der Waals surface area contributed by atoms with E-state index in [1.807, 2.05) is 123 Å². The van der Waals surface area contributed by atoms with Crippen molar-refractivity contribution < 1.29 is 0 Å². The van der Waals surface area contributed by atoms with E-state index in [9.17, 15) is 0 Å². The average molecular weight is 264 g/mol. The van der Waals surface area contributed by atoms with Crippen molar-refractivity contribution in [3.63, 3.8) is 0 Å². The quantitative estimate of drug-likeness (QED) is 0.461. The molecule has 0 aromatic heterocycles. The molecule has 0 aliphatic rings. The third kappa shape index (κ3) is 13.7. The van der Waals surface area contributed by atoms with Crippen LogP contribution in [0.4, 0.5) is 0 Å². The first kappa shape index (κ1) is 17.7. The van der Waals surface area contributed by atoms with Gasteiger partial charge in [-0.3, -0.25) is 0 Å². The normalized spacial score (nSPS) is 7.50. The Labute approximate surface area is 123 Å². The molecule has 3 aromatic rings. The molecule has 0 fully saturated rings. The lowest BCUT2D eigenvalue weighted by molar-refractivity contribution is 1.50. The monoisotopic (exact) mass is 264 g/mol. The van der Waals surface area contributed by atoms with Gasteiger partial charge in [0.25, 0.3) is 0 Å². The highest BCUT2D eigenvalue weighted by Crippen LogP contribution is 1.81. The second-order valence-corrected chi connectivity index (χ2v) is 3.46. The van der Waals surface area contributed by atoms with Crippen LogP contribution in [0, 0.1) is 0 Å². The van der Waals surface area contributed by atoms with Gasteiger partial charge in [-0.1, -0.05) is 123 Å². The van der Waals surface area contributed by atoms with Gasteiger partial charge in [0.15, 0.2) is 0 Å². The highest BCUT2D eigenvalue weighted by molar-refractivity contribution is 5.00. The fraction of sp³-hybridized carbons (Fsp3) is 0.100. The standard InChI is InChI=1S/3C6H6.C2H6/c3*1-2-4-6-5-3-1;1-2/h3*1-6H;1-2H3. The van der Waals surface area contributed by atoms with Gasteiger partial charge in [-0.15, -0.1) is 0 Å². The molecule has 20 heavy (non-hydrogen) atoms. The summed E-state index contributed by atoms with van der Waals surface area (Å²) in [6, 6.07) is 36.0. The van der Waals surface area contributed by atoms with Gasteiger partial charge in [-0.2, -0.15) is 0 Å². The van der Waals surface area contributed by atoms with E-state index in [1.54, 1.807) is 0 Å². The Morgan fingerprint density at radius 1 is 0.200 bits per heavy atom. The number of hydrogen-bond donors (Lipinski definition) is 0. The van der Waals surface area contributed by atoms with Crippen molar-refractivity contribution in [2.75, 3.05) is 0 Å². The molecule has 0 spiro atoms. The van der Waals surface area contributed by atoms with Gasteiger partial charge in [0, 0.05) is 0 Å². The molecule has 0 N–H and O–H groups in total. The molecule has 0 aliphatic heterocycles. The molecule has 0 saturated heterocycles. The lowest BCUT2D eigenvalue weighted by Crippen LogP contribution is -1.47. The minimum atomic E-state index is 2.00. The Kier molecular flexibility index (Phi) is 14.7. The van der Waals surface area contributed by atoms with Gasteiger partial charge >= 0.3 is 0 Å². The summed E-state index contributed by atoms with van der Waals surface area (Å²) in [6.45, 7) is 4.00. The largest absolute Gasteiger partial charge is 0.0683 e. The van der Waals surface area contributed by atoms with Crippen LogP contribution >= 0.6 is 0 Å². The van der Waals surface area contributed by atoms with Crippen molar-refractivity contribution in [2.24, 2.45) is 0 Å². The van der Waals surface area contributed by atoms with Gasteiger partial charge in [0.2, 0.25) is 0 Å². The van der Waals surface area contributed by atoms with Gasteiger partial charge in [-0.05, 0) is 0 Å². The van der Waals surface area contributed by atoms with Crippen molar-refractivity contribution in [3.8, 4) is 0 Å². The second-order valence-electron chi connectivity index (χ2n) is 3.46. The van der Waals surface area contributed by atoms with E-state index in [0.717, 1.165) is 0 Å². The van der Waals surface area contributed by atoms with E-state index in [1.165, 1.54) is 0 Å². The van der Waals surface area contributed by atoms with E-state index in [0.29, 0.717) is 0 Å². The molecule has 0 atom stereocenters. The molecule has 0 bridgehead atoms. The fourth-order valence-electron chi connectivity index (χ4n) is 1.15. The Hall–Kier alpha value is -2.34. The van der Waals surface area contributed by atoms with E-state index < -0.39 is 0 Å². The van der Waals surface area contributed by atoms with E-state index in [4.69, 9.17) is 0 Å². The van der Waals surface area contributed by atoms with Crippen LogP contribution in [0.1, 0.15) is 13.8 Å². The summed E-state index contributed by atoms with van der Waals surface area (Å²) in [6.07, 6.45) is 0. The van der Waals surface area contributed by atoms with Crippen LogP contribution in [-0.4, -0.2) is 0 Å². The van der Waals surface area contributed by atoms with Crippen LogP contribution < -0.4 is 0 Å². The first-order valence-electron chi connectivity index (χ1n) is 7.00. The lowest BCUT2D eigenvalue weighted by Gasteiger charge is -1.69. The predicted octanol–water partition coefficient (Wildman–Crippen LogP) is 6.09. The van der Waals surface area contributed by atoms with Crippen molar-refractivity contribution in [3.05, 3.63) is 109 Å². The van der Waals surface area contributed by atoms with E-state index in [-0.39, 0.29) is 0 Å². The zero-order valence-electron chi connectivity index (χ0n) is 12.4. The van der Waals surface area contributed by atoms with Crippen LogP contribution in [0.2, 0.25) is 0 Å². The summed E-state index contributed by atoms with van der Waals surface area (Å²) in [5.41, 5.74) is 0. The summed E-state index contributed by atoms with van der Waals surface area (Å²) >= 11 is 0. The van der Waals surface area contributed by atoms with Crippen LogP contribution in [0.5, 0.6) is 0 Å². The predicted molar refractivity (Wildman–Crippen MR) is 90.7 cm³/mol. The highest BCUT2D eigenvalue weighted by Gasteiger charge is 1.59. The maximum atomic E-state index is 2.00. The molecule has 0 heteroatoms.